The fourth-order valence-corrected chi connectivity index (χ4v) is 5.31. The van der Waals surface area contributed by atoms with Crippen LogP contribution in [-0.2, 0) is 10.0 Å². The third-order valence-electron chi connectivity index (χ3n) is 4.48. The Morgan fingerprint density at radius 2 is 1.65 bits per heavy atom. The lowest BCUT2D eigenvalue weighted by Crippen LogP contribution is -2.49. The summed E-state index contributed by atoms with van der Waals surface area (Å²) in [6, 6.07) is 14.0. The molecule has 0 aliphatic carbocycles. The quantitative estimate of drug-likeness (QED) is 0.706. The molecule has 0 saturated carbocycles. The van der Waals surface area contributed by atoms with Crippen molar-refractivity contribution in [3.8, 4) is 0 Å². The van der Waals surface area contributed by atoms with E-state index in [2.05, 4.69) is 36.1 Å². The summed E-state index contributed by atoms with van der Waals surface area (Å²) >= 11 is 1.80. The molecule has 0 unspecified atom stereocenters. The van der Waals surface area contributed by atoms with Crippen molar-refractivity contribution in [3.05, 3.63) is 59.9 Å². The smallest absolute Gasteiger partial charge is 0.246 e. The Kier molecular flexibility index (Phi) is 6.34. The molecule has 1 saturated heterocycles. The second-order valence-corrected chi connectivity index (χ2v) is 9.41. The average molecular weight is 395 g/mol. The van der Waals surface area contributed by atoms with Crippen LogP contribution in [0.4, 0.5) is 4.39 Å². The minimum absolute atomic E-state index is 0.233. The molecule has 140 valence electrons. The van der Waals surface area contributed by atoms with Gasteiger partial charge in [0.05, 0.1) is 0 Å². The number of rotatable bonds is 6. The number of thioether (sulfide) groups is 1. The standard InChI is InChI=1S/C19H23FN2O2S2/c1-16-6-8-17(9-7-16)25-15-14-21-10-12-22(13-11-21)26(23,24)19-5-3-2-4-18(19)20/h2-9H,10-15H2,1H3. The van der Waals surface area contributed by atoms with Gasteiger partial charge in [0.1, 0.15) is 10.7 Å². The topological polar surface area (TPSA) is 40.6 Å². The molecule has 1 aliphatic heterocycles. The lowest BCUT2D eigenvalue weighted by molar-refractivity contribution is 0.197. The molecule has 3 rings (SSSR count). The molecule has 0 amide bonds. The fraction of sp³-hybridized carbons (Fsp3) is 0.368. The number of piperazine rings is 1. The summed E-state index contributed by atoms with van der Waals surface area (Å²) in [5.41, 5.74) is 1.25. The summed E-state index contributed by atoms with van der Waals surface area (Å²) in [5, 5.41) is 0. The van der Waals surface area contributed by atoms with Crippen LogP contribution in [0.2, 0.25) is 0 Å². The summed E-state index contributed by atoms with van der Waals surface area (Å²) in [6.07, 6.45) is 0. The molecule has 1 heterocycles. The zero-order valence-corrected chi connectivity index (χ0v) is 16.4. The highest BCUT2D eigenvalue weighted by Gasteiger charge is 2.30. The number of hydrogen-bond donors (Lipinski definition) is 0. The summed E-state index contributed by atoms with van der Waals surface area (Å²) in [7, 11) is -3.76. The number of hydrogen-bond acceptors (Lipinski definition) is 4. The number of aryl methyl sites for hydroxylation is 1. The molecule has 7 heteroatoms. The second-order valence-electron chi connectivity index (χ2n) is 6.34. The van der Waals surface area contributed by atoms with Crippen LogP contribution in [0.25, 0.3) is 0 Å². The van der Waals surface area contributed by atoms with Crippen LogP contribution in [0.3, 0.4) is 0 Å². The molecular weight excluding hydrogens is 371 g/mol. The van der Waals surface area contributed by atoms with Gasteiger partial charge in [-0.2, -0.15) is 4.31 Å². The molecule has 0 aromatic heterocycles. The van der Waals surface area contributed by atoms with Crippen molar-refractivity contribution in [1.29, 1.82) is 0 Å². The second kappa shape index (κ2) is 8.52. The van der Waals surface area contributed by atoms with Gasteiger partial charge < -0.3 is 0 Å². The van der Waals surface area contributed by atoms with Crippen LogP contribution in [0.5, 0.6) is 0 Å². The predicted octanol–water partition coefficient (Wildman–Crippen LogP) is 3.23. The molecule has 0 N–H and O–H groups in total. The van der Waals surface area contributed by atoms with Crippen molar-refractivity contribution in [1.82, 2.24) is 9.21 Å². The highest BCUT2D eigenvalue weighted by atomic mass is 32.2. The van der Waals surface area contributed by atoms with Crippen LogP contribution in [0, 0.1) is 12.7 Å². The third-order valence-corrected chi connectivity index (χ3v) is 7.41. The molecule has 2 aromatic rings. The summed E-state index contributed by atoms with van der Waals surface area (Å²) in [4.78, 5) is 3.27. The highest BCUT2D eigenvalue weighted by molar-refractivity contribution is 7.99. The number of benzene rings is 2. The summed E-state index contributed by atoms with van der Waals surface area (Å²) in [6.45, 7) is 5.11. The first-order valence-corrected chi connectivity index (χ1v) is 11.1. The van der Waals surface area contributed by atoms with Crippen molar-refractivity contribution in [2.45, 2.75) is 16.7 Å². The van der Waals surface area contributed by atoms with Crippen molar-refractivity contribution in [2.75, 3.05) is 38.5 Å². The zero-order chi connectivity index (χ0) is 18.6. The van der Waals surface area contributed by atoms with Gasteiger partial charge in [-0.25, -0.2) is 12.8 Å². The van der Waals surface area contributed by atoms with E-state index >= 15 is 0 Å². The van der Waals surface area contributed by atoms with Crippen LogP contribution < -0.4 is 0 Å². The maximum atomic E-state index is 13.9. The van der Waals surface area contributed by atoms with E-state index in [1.54, 1.807) is 17.8 Å². The minimum atomic E-state index is -3.76. The van der Waals surface area contributed by atoms with Gasteiger partial charge in [-0.3, -0.25) is 4.90 Å². The Hall–Kier alpha value is -1.41. The monoisotopic (exact) mass is 394 g/mol. The Labute approximate surface area is 159 Å². The van der Waals surface area contributed by atoms with Crippen LogP contribution in [-0.4, -0.2) is 56.1 Å². The fourth-order valence-electron chi connectivity index (χ4n) is 2.91. The van der Waals surface area contributed by atoms with Gasteiger partial charge in [-0.1, -0.05) is 29.8 Å². The molecule has 0 spiro atoms. The largest absolute Gasteiger partial charge is 0.300 e. The highest BCUT2D eigenvalue weighted by Crippen LogP contribution is 2.21. The number of sulfonamides is 1. The average Bonchev–Trinajstić information content (AvgIpc) is 2.64. The van der Waals surface area contributed by atoms with Crippen LogP contribution in [0.15, 0.2) is 58.3 Å². The van der Waals surface area contributed by atoms with Gasteiger partial charge in [-0.15, -0.1) is 11.8 Å². The maximum Gasteiger partial charge on any atom is 0.246 e. The molecule has 2 aromatic carbocycles. The molecule has 1 fully saturated rings. The Balaban J connectivity index is 1.49. The summed E-state index contributed by atoms with van der Waals surface area (Å²) in [5.74, 6) is 0.271. The molecule has 1 aliphatic rings. The Morgan fingerprint density at radius 1 is 1.00 bits per heavy atom. The number of halogens is 1. The molecule has 0 bridgehead atoms. The Bertz CT molecular complexity index is 833. The lowest BCUT2D eigenvalue weighted by Gasteiger charge is -2.33. The van der Waals surface area contributed by atoms with Gasteiger partial charge in [-0.05, 0) is 31.2 Å². The van der Waals surface area contributed by atoms with Crippen molar-refractivity contribution in [2.24, 2.45) is 0 Å². The first kappa shape index (κ1) is 19.4. The molecular formula is C19H23FN2O2S2. The van der Waals surface area contributed by atoms with Crippen molar-refractivity contribution in [3.63, 3.8) is 0 Å². The molecule has 26 heavy (non-hydrogen) atoms. The van der Waals surface area contributed by atoms with E-state index < -0.39 is 15.8 Å². The first-order valence-electron chi connectivity index (χ1n) is 8.63. The molecule has 0 atom stereocenters. The van der Waals surface area contributed by atoms with E-state index in [-0.39, 0.29) is 4.90 Å². The van der Waals surface area contributed by atoms with Crippen LogP contribution >= 0.6 is 11.8 Å². The maximum absolute atomic E-state index is 13.9. The number of nitrogens with zero attached hydrogens (tertiary/aromatic N) is 2. The summed E-state index contributed by atoms with van der Waals surface area (Å²) < 4.78 is 40.4. The van der Waals surface area contributed by atoms with Gasteiger partial charge in [0, 0.05) is 43.4 Å². The van der Waals surface area contributed by atoms with E-state index in [1.165, 1.54) is 33.0 Å². The Morgan fingerprint density at radius 3 is 2.31 bits per heavy atom. The predicted molar refractivity (Wildman–Crippen MR) is 104 cm³/mol. The van der Waals surface area contributed by atoms with Crippen LogP contribution in [0.1, 0.15) is 5.56 Å². The first-order chi connectivity index (χ1) is 12.5. The van der Waals surface area contributed by atoms with Gasteiger partial charge in [0.25, 0.3) is 0 Å². The van der Waals surface area contributed by atoms with Crippen molar-refractivity contribution < 1.29 is 12.8 Å². The van der Waals surface area contributed by atoms with E-state index in [4.69, 9.17) is 0 Å². The minimum Gasteiger partial charge on any atom is -0.300 e. The lowest BCUT2D eigenvalue weighted by atomic mass is 10.2. The van der Waals surface area contributed by atoms with Gasteiger partial charge in [0.2, 0.25) is 10.0 Å². The van der Waals surface area contributed by atoms with Gasteiger partial charge in [0.15, 0.2) is 0 Å². The van der Waals surface area contributed by atoms with E-state index in [9.17, 15) is 12.8 Å². The zero-order valence-electron chi connectivity index (χ0n) is 14.8. The molecule has 0 radical (unpaired) electrons. The SMILES string of the molecule is Cc1ccc(SCCN2CCN(S(=O)(=O)c3ccccc3F)CC2)cc1. The van der Waals surface area contributed by atoms with E-state index in [0.717, 1.165) is 12.3 Å². The third kappa shape index (κ3) is 4.65. The van der Waals surface area contributed by atoms with E-state index in [1.807, 2.05) is 0 Å². The normalized spacial score (nSPS) is 16.7. The van der Waals surface area contributed by atoms with Crippen molar-refractivity contribution >= 4 is 21.8 Å². The molecule has 4 nitrogen and oxygen atoms in total. The van der Waals surface area contributed by atoms with E-state index in [0.29, 0.717) is 26.2 Å². The van der Waals surface area contributed by atoms with Gasteiger partial charge >= 0.3 is 0 Å².